The van der Waals surface area contributed by atoms with Crippen molar-refractivity contribution in [2.24, 2.45) is 5.73 Å². The summed E-state index contributed by atoms with van der Waals surface area (Å²) in [5, 5.41) is 8.23. The summed E-state index contributed by atoms with van der Waals surface area (Å²) in [7, 11) is 0. The van der Waals surface area contributed by atoms with Gasteiger partial charge in [-0.3, -0.25) is 4.79 Å². The Kier molecular flexibility index (Phi) is 3.91. The predicted molar refractivity (Wildman–Crippen MR) is 45.0 cm³/mol. The number of aliphatic hydroxyl groups is 1. The van der Waals surface area contributed by atoms with Crippen LogP contribution in [-0.4, -0.2) is 26.8 Å². The molecular formula is C5H8Cl3NO2. The van der Waals surface area contributed by atoms with Crippen molar-refractivity contribution in [3.63, 3.8) is 0 Å². The lowest BCUT2D eigenvalue weighted by Gasteiger charge is -2.25. The number of aliphatic hydroxyl groups excluding tert-OH is 1. The van der Waals surface area contributed by atoms with Crippen molar-refractivity contribution in [1.82, 2.24) is 0 Å². The van der Waals surface area contributed by atoms with Crippen molar-refractivity contribution in [2.45, 2.75) is 22.7 Å². The maximum atomic E-state index is 10.4. The number of amides is 1. The van der Waals surface area contributed by atoms with Crippen LogP contribution >= 0.6 is 34.8 Å². The van der Waals surface area contributed by atoms with Gasteiger partial charge in [-0.25, -0.2) is 0 Å². The number of carbonyl (C=O) groups is 1. The highest BCUT2D eigenvalue weighted by atomic mass is 35.5. The lowest BCUT2D eigenvalue weighted by Crippen LogP contribution is -2.46. The highest BCUT2D eigenvalue weighted by Gasteiger charge is 2.41. The minimum absolute atomic E-state index is 0.770. The highest BCUT2D eigenvalue weighted by Crippen LogP contribution is 2.32. The van der Waals surface area contributed by atoms with Crippen LogP contribution in [0.5, 0.6) is 0 Å². The summed E-state index contributed by atoms with van der Waals surface area (Å²) in [5.74, 6) is -0.998. The first-order valence-corrected chi connectivity index (χ1v) is 3.98. The van der Waals surface area contributed by atoms with Crippen molar-refractivity contribution in [3.8, 4) is 0 Å². The number of carbonyl (C=O) groups excluding carboxylic acids is 1. The summed E-state index contributed by atoms with van der Waals surface area (Å²) < 4.78 is -1.73. The van der Waals surface area contributed by atoms with Crippen LogP contribution < -0.4 is 5.73 Å². The molecule has 0 aliphatic carbocycles. The zero-order chi connectivity index (χ0) is 9.23. The number of halogens is 3. The number of nitrogens with two attached hydrogens (primary N) is 1. The molecule has 0 spiro atoms. The molecule has 11 heavy (non-hydrogen) atoms. The van der Waals surface area contributed by atoms with E-state index in [1.54, 1.807) is 0 Å². The van der Waals surface area contributed by atoms with Crippen LogP contribution in [0.1, 0.15) is 6.92 Å². The largest absolute Gasteiger partial charge is 0.380 e. The van der Waals surface area contributed by atoms with Crippen LogP contribution in [-0.2, 0) is 4.79 Å². The molecule has 3 nitrogen and oxygen atoms in total. The Labute approximate surface area is 79.4 Å². The summed E-state index contributed by atoms with van der Waals surface area (Å²) in [4.78, 5) is 10.4. The number of hydrogen-bond donors (Lipinski definition) is 2. The monoisotopic (exact) mass is 219 g/mol. The van der Waals surface area contributed by atoms with Gasteiger partial charge in [-0.05, 0) is 6.92 Å². The third kappa shape index (κ3) is 2.67. The molecule has 0 aromatic heterocycles. The molecule has 0 radical (unpaired) electrons. The number of primary amides is 1. The van der Waals surface area contributed by atoms with Gasteiger partial charge in [0.25, 0.3) is 0 Å². The van der Waals surface area contributed by atoms with Crippen molar-refractivity contribution in [2.75, 3.05) is 0 Å². The molecular weight excluding hydrogens is 212 g/mol. The first-order valence-electron chi connectivity index (χ1n) is 2.79. The molecule has 0 saturated heterocycles. The topological polar surface area (TPSA) is 63.3 Å². The van der Waals surface area contributed by atoms with Gasteiger partial charge in [0.1, 0.15) is 0 Å². The van der Waals surface area contributed by atoms with E-state index in [1.807, 2.05) is 0 Å². The van der Waals surface area contributed by atoms with E-state index in [4.69, 9.17) is 45.6 Å². The zero-order valence-electron chi connectivity index (χ0n) is 5.72. The summed E-state index contributed by atoms with van der Waals surface area (Å²) in [5.41, 5.74) is 4.74. The first-order chi connectivity index (χ1) is 4.80. The number of hydrogen-bond acceptors (Lipinski definition) is 2. The van der Waals surface area contributed by atoms with Crippen molar-refractivity contribution in [1.29, 1.82) is 0 Å². The average molecular weight is 220 g/mol. The van der Waals surface area contributed by atoms with Crippen LogP contribution in [0.25, 0.3) is 0 Å². The average Bonchev–Trinajstić information content (AvgIpc) is 1.85. The van der Waals surface area contributed by atoms with Gasteiger partial charge >= 0.3 is 0 Å². The highest BCUT2D eigenvalue weighted by molar-refractivity contribution is 6.53. The summed E-state index contributed by atoms with van der Waals surface area (Å²) in [6.07, 6.45) is -1.65. The Hall–Kier alpha value is 0.300. The Morgan fingerprint density at radius 3 is 2.09 bits per heavy atom. The van der Waals surface area contributed by atoms with E-state index >= 15 is 0 Å². The molecule has 0 aliphatic rings. The fourth-order valence-electron chi connectivity index (χ4n) is 0.407. The Bertz CT molecular complexity index is 160. The standard InChI is InChI=1S/C5H8Cl3NO2/c1-2(6)5(7,8)3(10)4(9)11/h2-3,10H,1H3,(H2,9,11). The predicted octanol–water partition coefficient (Wildman–Crippen LogP) is 0.634. The molecule has 0 heterocycles. The maximum absolute atomic E-state index is 10.4. The second-order valence-electron chi connectivity index (χ2n) is 2.10. The van der Waals surface area contributed by atoms with Gasteiger partial charge in [-0.15, -0.1) is 11.6 Å². The maximum Gasteiger partial charge on any atom is 0.249 e. The molecule has 0 rings (SSSR count). The molecule has 0 fully saturated rings. The zero-order valence-corrected chi connectivity index (χ0v) is 7.99. The molecule has 0 aromatic carbocycles. The molecule has 2 unspecified atom stereocenters. The lowest BCUT2D eigenvalue weighted by atomic mass is 10.2. The molecule has 6 heteroatoms. The van der Waals surface area contributed by atoms with Gasteiger partial charge in [0.2, 0.25) is 5.91 Å². The smallest absolute Gasteiger partial charge is 0.249 e. The van der Waals surface area contributed by atoms with Crippen molar-refractivity contribution in [3.05, 3.63) is 0 Å². The van der Waals surface area contributed by atoms with Gasteiger partial charge in [0.05, 0.1) is 5.38 Å². The van der Waals surface area contributed by atoms with Crippen LogP contribution in [0.3, 0.4) is 0 Å². The molecule has 0 saturated carbocycles. The van der Waals surface area contributed by atoms with Crippen LogP contribution in [0.2, 0.25) is 0 Å². The van der Waals surface area contributed by atoms with Gasteiger partial charge in [-0.1, -0.05) is 23.2 Å². The van der Waals surface area contributed by atoms with E-state index in [1.165, 1.54) is 6.92 Å². The number of rotatable bonds is 3. The minimum atomic E-state index is -1.73. The lowest BCUT2D eigenvalue weighted by molar-refractivity contribution is -0.126. The van der Waals surface area contributed by atoms with Crippen LogP contribution in [0.4, 0.5) is 0 Å². The van der Waals surface area contributed by atoms with E-state index in [0.29, 0.717) is 0 Å². The Morgan fingerprint density at radius 1 is 1.64 bits per heavy atom. The van der Waals surface area contributed by atoms with E-state index in [9.17, 15) is 4.79 Å². The second kappa shape index (κ2) is 3.81. The van der Waals surface area contributed by atoms with Gasteiger partial charge in [0, 0.05) is 0 Å². The summed E-state index contributed by atoms with van der Waals surface area (Å²) in [6.45, 7) is 1.45. The third-order valence-electron chi connectivity index (χ3n) is 1.16. The molecule has 0 bridgehead atoms. The fourth-order valence-corrected chi connectivity index (χ4v) is 0.742. The molecule has 0 aromatic rings. The molecule has 3 N–H and O–H groups in total. The fraction of sp³-hybridized carbons (Fsp3) is 0.800. The summed E-state index contributed by atoms with van der Waals surface area (Å²) in [6, 6.07) is 0. The van der Waals surface area contributed by atoms with Crippen LogP contribution in [0.15, 0.2) is 0 Å². The molecule has 1 amide bonds. The van der Waals surface area contributed by atoms with E-state index in [2.05, 4.69) is 0 Å². The summed E-state index contributed by atoms with van der Waals surface area (Å²) >= 11 is 16.5. The van der Waals surface area contributed by atoms with E-state index in [0.717, 1.165) is 0 Å². The minimum Gasteiger partial charge on any atom is -0.380 e. The first kappa shape index (κ1) is 11.3. The Balaban J connectivity index is 4.41. The quantitative estimate of drug-likeness (QED) is 0.686. The van der Waals surface area contributed by atoms with E-state index < -0.39 is 21.7 Å². The van der Waals surface area contributed by atoms with E-state index in [-0.39, 0.29) is 0 Å². The van der Waals surface area contributed by atoms with Crippen molar-refractivity contribution < 1.29 is 9.90 Å². The van der Waals surface area contributed by atoms with Gasteiger partial charge in [0.15, 0.2) is 10.4 Å². The normalized spacial score (nSPS) is 17.5. The third-order valence-corrected chi connectivity index (χ3v) is 2.80. The SMILES string of the molecule is CC(Cl)C(Cl)(Cl)C(O)C(N)=O. The molecule has 66 valence electrons. The second-order valence-corrected chi connectivity index (χ2v) is 4.19. The van der Waals surface area contributed by atoms with Gasteiger partial charge in [-0.2, -0.15) is 0 Å². The van der Waals surface area contributed by atoms with Crippen molar-refractivity contribution >= 4 is 40.7 Å². The van der Waals surface area contributed by atoms with Crippen LogP contribution in [0, 0.1) is 0 Å². The van der Waals surface area contributed by atoms with Gasteiger partial charge < -0.3 is 10.8 Å². The molecule has 2 atom stereocenters. The molecule has 0 aliphatic heterocycles. The number of alkyl halides is 3. The Morgan fingerprint density at radius 2 is 2.00 bits per heavy atom.